The molecular weight excluding hydrogens is 178 g/mol. The van der Waals surface area contributed by atoms with E-state index in [2.05, 4.69) is 4.98 Å². The van der Waals surface area contributed by atoms with Gasteiger partial charge in [-0.05, 0) is 31.2 Å². The summed E-state index contributed by atoms with van der Waals surface area (Å²) in [5.74, 6) is 0. The van der Waals surface area contributed by atoms with Crippen molar-refractivity contribution in [2.24, 2.45) is 0 Å². The van der Waals surface area contributed by atoms with E-state index in [1.54, 1.807) is 19.1 Å². The molecule has 0 aliphatic heterocycles. The first-order valence-corrected chi connectivity index (χ1v) is 4.46. The number of hydrogen-bond donors (Lipinski definition) is 2. The molecule has 1 heterocycles. The van der Waals surface area contributed by atoms with Gasteiger partial charge in [-0.1, -0.05) is 0 Å². The zero-order chi connectivity index (χ0) is 10.1. The fourth-order valence-electron chi connectivity index (χ4n) is 1.47. The first-order valence-electron chi connectivity index (χ1n) is 4.46. The van der Waals surface area contributed by atoms with E-state index >= 15 is 0 Å². The Balaban J connectivity index is 2.59. The Kier molecular flexibility index (Phi) is 2.09. The Hall–Kier alpha value is -1.61. The number of rotatable bonds is 2. The Labute approximate surface area is 81.4 Å². The normalized spacial score (nSPS) is 13.0. The first-order chi connectivity index (χ1) is 6.70. The average molecular weight is 189 g/mol. The Bertz CT molecular complexity index is 471. The largest absolute Gasteiger partial charge is 0.387 e. The van der Waals surface area contributed by atoms with Crippen LogP contribution in [0.4, 0.5) is 0 Å². The van der Waals surface area contributed by atoms with Crippen molar-refractivity contribution in [2.75, 3.05) is 0 Å². The van der Waals surface area contributed by atoms with Crippen LogP contribution in [0.15, 0.2) is 24.3 Å². The number of aromatic amines is 1. The van der Waals surface area contributed by atoms with E-state index in [9.17, 15) is 9.90 Å². The van der Waals surface area contributed by atoms with Crippen LogP contribution >= 0.6 is 0 Å². The third kappa shape index (κ3) is 1.42. The number of aliphatic hydroxyl groups is 1. The number of carbonyl (C=O) groups excluding carboxylic acids is 1. The highest BCUT2D eigenvalue weighted by Crippen LogP contribution is 2.20. The number of aldehydes is 1. The molecule has 1 aromatic heterocycles. The van der Waals surface area contributed by atoms with Gasteiger partial charge in [0, 0.05) is 22.2 Å². The van der Waals surface area contributed by atoms with E-state index in [4.69, 9.17) is 0 Å². The van der Waals surface area contributed by atoms with Gasteiger partial charge in [-0.3, -0.25) is 4.79 Å². The Morgan fingerprint density at radius 1 is 1.43 bits per heavy atom. The molecule has 2 N–H and O–H groups in total. The molecule has 2 rings (SSSR count). The fraction of sp³-hybridized carbons (Fsp3) is 0.182. The van der Waals surface area contributed by atoms with Gasteiger partial charge in [0.05, 0.1) is 6.10 Å². The standard InChI is InChI=1S/C11H11NO2/c1-7(14)11-5-9-4-8(6-13)2-3-10(9)12-11/h2-7,12,14H,1H3. The van der Waals surface area contributed by atoms with Crippen LogP contribution < -0.4 is 0 Å². The molecule has 0 saturated heterocycles. The minimum atomic E-state index is -0.512. The summed E-state index contributed by atoms with van der Waals surface area (Å²) >= 11 is 0. The van der Waals surface area contributed by atoms with Crippen LogP contribution in [-0.2, 0) is 0 Å². The summed E-state index contributed by atoms with van der Waals surface area (Å²) in [4.78, 5) is 13.6. The third-order valence-electron chi connectivity index (χ3n) is 2.25. The summed E-state index contributed by atoms with van der Waals surface area (Å²) in [6, 6.07) is 7.24. The maximum absolute atomic E-state index is 10.5. The number of carbonyl (C=O) groups is 1. The highest BCUT2D eigenvalue weighted by Gasteiger charge is 2.05. The van der Waals surface area contributed by atoms with Gasteiger partial charge in [-0.25, -0.2) is 0 Å². The molecule has 2 aromatic rings. The number of fused-ring (bicyclic) bond motifs is 1. The first kappa shape index (κ1) is 8.97. The quantitative estimate of drug-likeness (QED) is 0.710. The minimum absolute atomic E-state index is 0.512. The summed E-state index contributed by atoms with van der Waals surface area (Å²) in [6.45, 7) is 1.70. The smallest absolute Gasteiger partial charge is 0.150 e. The number of H-pyrrole nitrogens is 1. The second-order valence-corrected chi connectivity index (χ2v) is 3.37. The zero-order valence-corrected chi connectivity index (χ0v) is 7.82. The van der Waals surface area contributed by atoms with Gasteiger partial charge in [0.1, 0.15) is 6.29 Å². The molecule has 0 aliphatic carbocycles. The number of nitrogens with one attached hydrogen (secondary N) is 1. The number of hydrogen-bond acceptors (Lipinski definition) is 2. The van der Waals surface area contributed by atoms with Crippen LogP contribution in [0, 0.1) is 0 Å². The highest BCUT2D eigenvalue weighted by molar-refractivity contribution is 5.87. The van der Waals surface area contributed by atoms with E-state index in [1.807, 2.05) is 12.1 Å². The number of aliphatic hydroxyl groups excluding tert-OH is 1. The maximum atomic E-state index is 10.5. The summed E-state index contributed by atoms with van der Waals surface area (Å²) < 4.78 is 0. The van der Waals surface area contributed by atoms with Gasteiger partial charge in [0.25, 0.3) is 0 Å². The number of benzene rings is 1. The maximum Gasteiger partial charge on any atom is 0.150 e. The van der Waals surface area contributed by atoms with Gasteiger partial charge in [-0.15, -0.1) is 0 Å². The molecule has 0 aliphatic rings. The van der Waals surface area contributed by atoms with Gasteiger partial charge in [0.2, 0.25) is 0 Å². The minimum Gasteiger partial charge on any atom is -0.387 e. The van der Waals surface area contributed by atoms with E-state index in [1.165, 1.54) is 0 Å². The van der Waals surface area contributed by atoms with Crippen molar-refractivity contribution in [1.29, 1.82) is 0 Å². The lowest BCUT2D eigenvalue weighted by atomic mass is 10.2. The summed E-state index contributed by atoms with van der Waals surface area (Å²) in [5.41, 5.74) is 2.35. The average Bonchev–Trinajstić information content (AvgIpc) is 2.59. The SMILES string of the molecule is CC(O)c1cc2cc(C=O)ccc2[nH]1. The van der Waals surface area contributed by atoms with Gasteiger partial charge in [-0.2, -0.15) is 0 Å². The molecule has 1 unspecified atom stereocenters. The number of aromatic nitrogens is 1. The second-order valence-electron chi connectivity index (χ2n) is 3.37. The van der Waals surface area contributed by atoms with Crippen LogP contribution in [0.3, 0.4) is 0 Å². The van der Waals surface area contributed by atoms with Crippen molar-refractivity contribution in [3.05, 3.63) is 35.5 Å². The zero-order valence-electron chi connectivity index (χ0n) is 7.82. The van der Waals surface area contributed by atoms with Crippen LogP contribution in [0.1, 0.15) is 29.1 Å². The van der Waals surface area contributed by atoms with Gasteiger partial charge >= 0.3 is 0 Å². The van der Waals surface area contributed by atoms with Gasteiger partial charge < -0.3 is 10.1 Å². The van der Waals surface area contributed by atoms with Crippen molar-refractivity contribution >= 4 is 17.2 Å². The lowest BCUT2D eigenvalue weighted by Crippen LogP contribution is -1.88. The van der Waals surface area contributed by atoms with E-state index in [0.717, 1.165) is 22.9 Å². The van der Waals surface area contributed by atoms with Crippen LogP contribution in [-0.4, -0.2) is 16.4 Å². The lowest BCUT2D eigenvalue weighted by Gasteiger charge is -1.97. The van der Waals surface area contributed by atoms with Gasteiger partial charge in [0.15, 0.2) is 0 Å². The molecule has 0 bridgehead atoms. The van der Waals surface area contributed by atoms with E-state index in [-0.39, 0.29) is 0 Å². The molecule has 0 spiro atoms. The molecule has 14 heavy (non-hydrogen) atoms. The van der Waals surface area contributed by atoms with Crippen LogP contribution in [0.2, 0.25) is 0 Å². The van der Waals surface area contributed by atoms with Crippen LogP contribution in [0.25, 0.3) is 10.9 Å². The van der Waals surface area contributed by atoms with Crippen molar-refractivity contribution in [3.63, 3.8) is 0 Å². The molecule has 1 atom stereocenters. The Morgan fingerprint density at radius 2 is 2.21 bits per heavy atom. The molecule has 0 amide bonds. The highest BCUT2D eigenvalue weighted by atomic mass is 16.3. The predicted octanol–water partition coefficient (Wildman–Crippen LogP) is 2.03. The second kappa shape index (κ2) is 3.27. The summed E-state index contributed by atoms with van der Waals surface area (Å²) in [7, 11) is 0. The Morgan fingerprint density at radius 3 is 2.86 bits per heavy atom. The molecule has 0 saturated carbocycles. The monoisotopic (exact) mass is 189 g/mol. The van der Waals surface area contributed by atoms with Crippen LogP contribution in [0.5, 0.6) is 0 Å². The van der Waals surface area contributed by atoms with E-state index in [0.29, 0.717) is 5.56 Å². The van der Waals surface area contributed by atoms with Crippen molar-refractivity contribution in [3.8, 4) is 0 Å². The molecule has 3 heteroatoms. The molecule has 3 nitrogen and oxygen atoms in total. The van der Waals surface area contributed by atoms with Crippen molar-refractivity contribution in [2.45, 2.75) is 13.0 Å². The molecular formula is C11H11NO2. The summed E-state index contributed by atoms with van der Waals surface area (Å²) in [6.07, 6.45) is 0.302. The fourth-order valence-corrected chi connectivity index (χ4v) is 1.47. The molecule has 0 radical (unpaired) electrons. The third-order valence-corrected chi connectivity index (χ3v) is 2.25. The molecule has 0 fully saturated rings. The lowest BCUT2D eigenvalue weighted by molar-refractivity contribution is 0.112. The predicted molar refractivity (Wildman–Crippen MR) is 54.3 cm³/mol. The summed E-state index contributed by atoms with van der Waals surface area (Å²) in [5, 5.41) is 10.3. The molecule has 1 aromatic carbocycles. The van der Waals surface area contributed by atoms with Crippen molar-refractivity contribution in [1.82, 2.24) is 4.98 Å². The van der Waals surface area contributed by atoms with E-state index < -0.39 is 6.10 Å². The molecule has 72 valence electrons. The topological polar surface area (TPSA) is 53.1 Å². The van der Waals surface area contributed by atoms with Crippen molar-refractivity contribution < 1.29 is 9.90 Å².